The van der Waals surface area contributed by atoms with Crippen LogP contribution in [0.25, 0.3) is 0 Å². The highest BCUT2D eigenvalue weighted by Gasteiger charge is 1.89. The van der Waals surface area contributed by atoms with Gasteiger partial charge in [-0.1, -0.05) is 0 Å². The lowest BCUT2D eigenvalue weighted by Crippen LogP contribution is -2.18. The monoisotopic (exact) mass is 100 g/mol. The highest BCUT2D eigenvalue weighted by molar-refractivity contribution is 5.23. The average Bonchev–Trinajstić information content (AvgIpc) is 1.68. The smallest absolute Gasteiger partial charge is 0.0588 e. The zero-order valence-electron chi connectivity index (χ0n) is 4.94. The normalized spacial score (nSPS) is 13.4. The Morgan fingerprint density at radius 2 is 2.43 bits per heavy atom. The summed E-state index contributed by atoms with van der Waals surface area (Å²) in [6, 6.07) is 0.352. The summed E-state index contributed by atoms with van der Waals surface area (Å²) in [6.45, 7) is 6.33. The third-order valence-corrected chi connectivity index (χ3v) is 0.811. The molecule has 0 fully saturated rings. The number of hydrogen-bond acceptors (Lipinski definition) is 2. The third kappa shape index (κ3) is 3.46. The van der Waals surface area contributed by atoms with Crippen LogP contribution >= 0.6 is 0 Å². The molecule has 7 heavy (non-hydrogen) atoms. The van der Waals surface area contributed by atoms with Crippen molar-refractivity contribution in [3.63, 3.8) is 0 Å². The van der Waals surface area contributed by atoms with Crippen LogP contribution in [0.2, 0.25) is 0 Å². The van der Waals surface area contributed by atoms with Gasteiger partial charge in [0.05, 0.1) is 6.04 Å². The molecule has 0 heterocycles. The van der Waals surface area contributed by atoms with Gasteiger partial charge in [-0.2, -0.15) is 0 Å². The van der Waals surface area contributed by atoms with E-state index in [0.717, 1.165) is 6.54 Å². The Morgan fingerprint density at radius 1 is 1.86 bits per heavy atom. The molecule has 0 aliphatic heterocycles. The minimum Gasteiger partial charge on any atom is -0.318 e. The highest BCUT2D eigenvalue weighted by Crippen LogP contribution is 1.80. The van der Waals surface area contributed by atoms with E-state index in [-0.39, 0.29) is 0 Å². The Labute approximate surface area is 44.6 Å². The van der Waals surface area contributed by atoms with Crippen molar-refractivity contribution in [2.24, 2.45) is 4.99 Å². The van der Waals surface area contributed by atoms with Crippen LogP contribution in [-0.2, 0) is 0 Å². The predicted octanol–water partition coefficient (Wildman–Crippen LogP) is 0.295. The molecule has 0 unspecified atom stereocenters. The van der Waals surface area contributed by atoms with Crippen LogP contribution in [0.5, 0.6) is 0 Å². The van der Waals surface area contributed by atoms with E-state index in [1.165, 1.54) is 0 Å². The second-order valence-corrected chi connectivity index (χ2v) is 1.59. The fourth-order valence-corrected chi connectivity index (χ4v) is 0.360. The van der Waals surface area contributed by atoms with E-state index < -0.39 is 0 Å². The van der Waals surface area contributed by atoms with Gasteiger partial charge in [0.25, 0.3) is 0 Å². The van der Waals surface area contributed by atoms with Crippen molar-refractivity contribution in [3.8, 4) is 0 Å². The molecule has 1 atom stereocenters. The van der Waals surface area contributed by atoms with Crippen molar-refractivity contribution in [2.45, 2.75) is 13.0 Å². The van der Waals surface area contributed by atoms with E-state index >= 15 is 0 Å². The molecule has 0 aromatic carbocycles. The number of rotatable bonds is 3. The summed E-state index contributed by atoms with van der Waals surface area (Å²) in [7, 11) is 1.90. The molecule has 0 rings (SSSR count). The fourth-order valence-electron chi connectivity index (χ4n) is 0.360. The van der Waals surface area contributed by atoms with E-state index in [4.69, 9.17) is 0 Å². The first kappa shape index (κ1) is 6.63. The van der Waals surface area contributed by atoms with Gasteiger partial charge in [-0.15, -0.1) is 0 Å². The van der Waals surface area contributed by atoms with E-state index in [9.17, 15) is 0 Å². The molecule has 0 amide bonds. The van der Waals surface area contributed by atoms with Gasteiger partial charge in [-0.3, -0.25) is 4.99 Å². The SMILES string of the molecule is C=N[C@@H](C)CNC. The van der Waals surface area contributed by atoms with Gasteiger partial charge in [-0.05, 0) is 20.7 Å². The molecular formula is C5H12N2. The van der Waals surface area contributed by atoms with E-state index in [1.54, 1.807) is 0 Å². The maximum atomic E-state index is 3.77. The minimum absolute atomic E-state index is 0.352. The first-order valence-electron chi connectivity index (χ1n) is 2.41. The molecule has 0 aromatic rings. The fraction of sp³-hybridized carbons (Fsp3) is 0.800. The second kappa shape index (κ2) is 3.81. The van der Waals surface area contributed by atoms with Gasteiger partial charge < -0.3 is 5.32 Å². The lowest BCUT2D eigenvalue weighted by molar-refractivity contribution is 0.672. The van der Waals surface area contributed by atoms with Crippen LogP contribution in [0.15, 0.2) is 4.99 Å². The molecule has 0 aliphatic carbocycles. The van der Waals surface area contributed by atoms with Gasteiger partial charge >= 0.3 is 0 Å². The van der Waals surface area contributed by atoms with Crippen molar-refractivity contribution in [3.05, 3.63) is 0 Å². The molecule has 0 spiro atoms. The predicted molar refractivity (Wildman–Crippen MR) is 32.9 cm³/mol. The molecule has 0 aliphatic rings. The van der Waals surface area contributed by atoms with E-state index in [0.29, 0.717) is 6.04 Å². The zero-order valence-corrected chi connectivity index (χ0v) is 4.94. The average molecular weight is 100 g/mol. The maximum absolute atomic E-state index is 3.77. The molecule has 0 bridgehead atoms. The van der Waals surface area contributed by atoms with Gasteiger partial charge in [0.15, 0.2) is 0 Å². The van der Waals surface area contributed by atoms with Crippen molar-refractivity contribution in [1.29, 1.82) is 0 Å². The van der Waals surface area contributed by atoms with E-state index in [2.05, 4.69) is 17.0 Å². The molecule has 1 N–H and O–H groups in total. The Balaban J connectivity index is 2.98. The first-order chi connectivity index (χ1) is 3.31. The van der Waals surface area contributed by atoms with Gasteiger partial charge in [0.2, 0.25) is 0 Å². The summed E-state index contributed by atoms with van der Waals surface area (Å²) in [5, 5.41) is 2.98. The van der Waals surface area contributed by atoms with Gasteiger partial charge in [-0.25, -0.2) is 0 Å². The Morgan fingerprint density at radius 3 is 2.57 bits per heavy atom. The van der Waals surface area contributed by atoms with Crippen LogP contribution in [0.4, 0.5) is 0 Å². The standard InChI is InChI=1S/C5H12N2/c1-5(7-3)4-6-2/h5-6H,3-4H2,1-2H3/t5-/m0/s1. The van der Waals surface area contributed by atoms with Gasteiger partial charge in [0, 0.05) is 6.54 Å². The topological polar surface area (TPSA) is 24.4 Å². The largest absolute Gasteiger partial charge is 0.318 e. The quantitative estimate of drug-likeness (QED) is 0.507. The molecule has 0 saturated carbocycles. The Kier molecular flexibility index (Phi) is 3.61. The molecule has 0 radical (unpaired) electrons. The number of hydrogen-bond donors (Lipinski definition) is 1. The molecule has 2 heteroatoms. The Hall–Kier alpha value is -0.370. The summed E-state index contributed by atoms with van der Waals surface area (Å²) in [5.74, 6) is 0. The van der Waals surface area contributed by atoms with Gasteiger partial charge in [0.1, 0.15) is 0 Å². The van der Waals surface area contributed by atoms with Crippen LogP contribution in [0.1, 0.15) is 6.92 Å². The minimum atomic E-state index is 0.352. The molecule has 0 aromatic heterocycles. The van der Waals surface area contributed by atoms with Crippen LogP contribution in [0.3, 0.4) is 0 Å². The van der Waals surface area contributed by atoms with E-state index in [1.807, 2.05) is 14.0 Å². The summed E-state index contributed by atoms with van der Waals surface area (Å²) in [5.41, 5.74) is 0. The maximum Gasteiger partial charge on any atom is 0.0588 e. The molecular weight excluding hydrogens is 88.1 g/mol. The summed E-state index contributed by atoms with van der Waals surface area (Å²) in [4.78, 5) is 3.77. The molecule has 2 nitrogen and oxygen atoms in total. The van der Waals surface area contributed by atoms with Crippen molar-refractivity contribution in [1.82, 2.24) is 5.32 Å². The third-order valence-electron chi connectivity index (χ3n) is 0.811. The Bertz CT molecular complexity index is 52.0. The lowest BCUT2D eigenvalue weighted by Gasteiger charge is -2.00. The lowest BCUT2D eigenvalue weighted by atomic mass is 10.4. The summed E-state index contributed by atoms with van der Waals surface area (Å²) in [6.07, 6.45) is 0. The first-order valence-corrected chi connectivity index (χ1v) is 2.41. The molecule has 42 valence electrons. The van der Waals surface area contributed by atoms with Crippen molar-refractivity contribution in [2.75, 3.05) is 13.6 Å². The summed E-state index contributed by atoms with van der Waals surface area (Å²) >= 11 is 0. The number of likely N-dealkylation sites (N-methyl/N-ethyl adjacent to an activating group) is 1. The number of aliphatic imine (C=N–C) groups is 1. The second-order valence-electron chi connectivity index (χ2n) is 1.59. The van der Waals surface area contributed by atoms with Crippen LogP contribution in [-0.4, -0.2) is 26.4 Å². The highest BCUT2D eigenvalue weighted by atomic mass is 14.9. The number of nitrogens with one attached hydrogen (secondary N) is 1. The van der Waals surface area contributed by atoms with Crippen molar-refractivity contribution >= 4 is 6.72 Å². The van der Waals surface area contributed by atoms with Crippen molar-refractivity contribution < 1.29 is 0 Å². The zero-order chi connectivity index (χ0) is 5.70. The number of nitrogens with zero attached hydrogens (tertiary/aromatic N) is 1. The molecule has 0 saturated heterocycles. The van der Waals surface area contributed by atoms with Crippen LogP contribution in [0, 0.1) is 0 Å². The van der Waals surface area contributed by atoms with Crippen LogP contribution < -0.4 is 5.32 Å². The summed E-state index contributed by atoms with van der Waals surface area (Å²) < 4.78 is 0.